The van der Waals surface area contributed by atoms with Crippen molar-refractivity contribution in [3.05, 3.63) is 0 Å². The third-order valence-electron chi connectivity index (χ3n) is 3.04. The Morgan fingerprint density at radius 2 is 2.18 bits per heavy atom. The molecular formula is C10H16F3NO3. The monoisotopic (exact) mass is 255 g/mol. The summed E-state index contributed by atoms with van der Waals surface area (Å²) in [5.41, 5.74) is -0.778. The van der Waals surface area contributed by atoms with Crippen LogP contribution in [0.4, 0.5) is 13.2 Å². The molecule has 0 bridgehead atoms. The summed E-state index contributed by atoms with van der Waals surface area (Å²) < 4.78 is 41.1. The van der Waals surface area contributed by atoms with E-state index in [9.17, 15) is 18.0 Å². The fraction of sp³-hybridized carbons (Fsp3) is 0.900. The van der Waals surface area contributed by atoms with Gasteiger partial charge in [-0.2, -0.15) is 13.2 Å². The molecule has 2 atom stereocenters. The number of hydrogen-bond acceptors (Lipinski definition) is 4. The third kappa shape index (κ3) is 3.32. The molecule has 4 nitrogen and oxygen atoms in total. The third-order valence-corrected chi connectivity index (χ3v) is 3.04. The molecule has 0 aliphatic carbocycles. The van der Waals surface area contributed by atoms with Crippen molar-refractivity contribution in [1.29, 1.82) is 0 Å². The van der Waals surface area contributed by atoms with Crippen LogP contribution in [0.1, 0.15) is 13.3 Å². The number of alkyl halides is 3. The Morgan fingerprint density at radius 1 is 1.59 bits per heavy atom. The summed E-state index contributed by atoms with van der Waals surface area (Å²) in [6.45, 7) is 1.67. The average molecular weight is 255 g/mol. The number of carbonyl (C=O) groups excluding carboxylic acids is 1. The van der Waals surface area contributed by atoms with Gasteiger partial charge in [-0.15, -0.1) is 0 Å². The molecule has 7 heteroatoms. The predicted octanol–water partition coefficient (Wildman–Crippen LogP) is 0.795. The van der Waals surface area contributed by atoms with E-state index in [2.05, 4.69) is 4.74 Å². The molecule has 0 aromatic heterocycles. The normalized spacial score (nSPS) is 28.1. The second-order valence-electron chi connectivity index (χ2n) is 4.59. The number of nitrogens with zero attached hydrogens (tertiary/aromatic N) is 1. The number of aliphatic hydroxyl groups is 1. The Balaban J connectivity index is 2.54. The van der Waals surface area contributed by atoms with Gasteiger partial charge in [0.15, 0.2) is 6.10 Å². The van der Waals surface area contributed by atoms with Gasteiger partial charge in [-0.3, -0.25) is 9.69 Å². The molecule has 0 aromatic carbocycles. The zero-order valence-electron chi connectivity index (χ0n) is 9.75. The Labute approximate surface area is 97.3 Å². The molecule has 1 fully saturated rings. The van der Waals surface area contributed by atoms with Crippen molar-refractivity contribution in [3.8, 4) is 0 Å². The highest BCUT2D eigenvalue weighted by Gasteiger charge is 2.45. The number of ether oxygens (including phenoxy) is 1. The second-order valence-corrected chi connectivity index (χ2v) is 4.59. The number of hydrogen-bond donors (Lipinski definition) is 1. The minimum Gasteiger partial charge on any atom is -0.469 e. The average Bonchev–Trinajstić information content (AvgIpc) is 2.59. The maximum atomic E-state index is 12.2. The van der Waals surface area contributed by atoms with E-state index in [0.29, 0.717) is 13.0 Å². The Morgan fingerprint density at radius 3 is 2.65 bits per heavy atom. The molecule has 2 unspecified atom stereocenters. The molecule has 0 amide bonds. The predicted molar refractivity (Wildman–Crippen MR) is 53.2 cm³/mol. The van der Waals surface area contributed by atoms with Gasteiger partial charge in [-0.25, -0.2) is 0 Å². The van der Waals surface area contributed by atoms with Crippen LogP contribution in [-0.4, -0.2) is 55.0 Å². The first-order chi connectivity index (χ1) is 7.69. The van der Waals surface area contributed by atoms with Gasteiger partial charge in [0.25, 0.3) is 0 Å². The van der Waals surface area contributed by atoms with Gasteiger partial charge in [0.1, 0.15) is 0 Å². The molecule has 0 saturated carbocycles. The highest BCUT2D eigenvalue weighted by atomic mass is 19.4. The first-order valence-electron chi connectivity index (χ1n) is 5.24. The van der Waals surface area contributed by atoms with E-state index in [1.165, 1.54) is 12.0 Å². The Hall–Kier alpha value is -0.820. The van der Waals surface area contributed by atoms with Gasteiger partial charge in [0.2, 0.25) is 0 Å². The number of halogens is 3. The molecule has 1 aliphatic rings. The Bertz CT molecular complexity index is 295. The quantitative estimate of drug-likeness (QED) is 0.758. The summed E-state index contributed by atoms with van der Waals surface area (Å²) in [4.78, 5) is 12.9. The summed E-state index contributed by atoms with van der Waals surface area (Å²) >= 11 is 0. The van der Waals surface area contributed by atoms with E-state index in [0.717, 1.165) is 0 Å². The van der Waals surface area contributed by atoms with Crippen LogP contribution in [0, 0.1) is 5.41 Å². The molecule has 0 spiro atoms. The molecule has 100 valence electrons. The highest BCUT2D eigenvalue weighted by Crippen LogP contribution is 2.32. The first kappa shape index (κ1) is 14.2. The maximum Gasteiger partial charge on any atom is 0.415 e. The van der Waals surface area contributed by atoms with Crippen molar-refractivity contribution in [1.82, 2.24) is 4.90 Å². The van der Waals surface area contributed by atoms with Crippen molar-refractivity contribution in [3.63, 3.8) is 0 Å². The molecule has 1 heterocycles. The van der Waals surface area contributed by atoms with Crippen LogP contribution in [0.15, 0.2) is 0 Å². The van der Waals surface area contributed by atoms with E-state index in [1.807, 2.05) is 0 Å². The number of methoxy groups -OCH3 is 1. The van der Waals surface area contributed by atoms with Gasteiger partial charge < -0.3 is 9.84 Å². The van der Waals surface area contributed by atoms with Crippen LogP contribution in [-0.2, 0) is 9.53 Å². The van der Waals surface area contributed by atoms with Crippen molar-refractivity contribution in [2.24, 2.45) is 5.41 Å². The van der Waals surface area contributed by atoms with Crippen LogP contribution in [0.5, 0.6) is 0 Å². The standard InChI is InChI=1S/C10H16F3NO3/c1-9(8(16)17-2)3-4-14(6-9)5-7(15)10(11,12)13/h7,15H,3-6H2,1-2H3. The molecule has 0 aromatic rings. The molecule has 17 heavy (non-hydrogen) atoms. The molecule has 1 saturated heterocycles. The lowest BCUT2D eigenvalue weighted by molar-refractivity contribution is -0.207. The Kier molecular flexibility index (Phi) is 4.03. The number of carbonyl (C=O) groups is 1. The number of esters is 1. The lowest BCUT2D eigenvalue weighted by Gasteiger charge is -2.24. The summed E-state index contributed by atoms with van der Waals surface area (Å²) in [7, 11) is 1.25. The highest BCUT2D eigenvalue weighted by molar-refractivity contribution is 5.76. The summed E-state index contributed by atoms with van der Waals surface area (Å²) in [6.07, 6.45) is -6.56. The number of β-amino-alcohol motifs (C(OH)–C–C–N with tert-alkyl or cyclic N) is 1. The van der Waals surface area contributed by atoms with Gasteiger partial charge >= 0.3 is 12.1 Å². The van der Waals surface area contributed by atoms with E-state index >= 15 is 0 Å². The van der Waals surface area contributed by atoms with Gasteiger partial charge in [0.05, 0.1) is 12.5 Å². The van der Waals surface area contributed by atoms with Crippen molar-refractivity contribution < 1.29 is 27.8 Å². The van der Waals surface area contributed by atoms with Crippen LogP contribution in [0.3, 0.4) is 0 Å². The van der Waals surface area contributed by atoms with Crippen molar-refractivity contribution in [2.75, 3.05) is 26.7 Å². The fourth-order valence-electron chi connectivity index (χ4n) is 1.97. The van der Waals surface area contributed by atoms with E-state index in [-0.39, 0.29) is 6.54 Å². The van der Waals surface area contributed by atoms with Gasteiger partial charge in [0, 0.05) is 13.1 Å². The van der Waals surface area contributed by atoms with Crippen LogP contribution < -0.4 is 0 Å². The van der Waals surface area contributed by atoms with Crippen molar-refractivity contribution >= 4 is 5.97 Å². The smallest absolute Gasteiger partial charge is 0.415 e. The summed E-state index contributed by atoms with van der Waals surface area (Å²) in [5.74, 6) is -0.429. The first-order valence-corrected chi connectivity index (χ1v) is 5.24. The summed E-state index contributed by atoms with van der Waals surface area (Å²) in [6, 6.07) is 0. The number of likely N-dealkylation sites (tertiary alicyclic amines) is 1. The molecule has 1 N–H and O–H groups in total. The minimum atomic E-state index is -4.62. The molecule has 1 rings (SSSR count). The fourth-order valence-corrected chi connectivity index (χ4v) is 1.97. The topological polar surface area (TPSA) is 49.8 Å². The van der Waals surface area contributed by atoms with Gasteiger partial charge in [-0.1, -0.05) is 0 Å². The van der Waals surface area contributed by atoms with Crippen molar-refractivity contribution in [2.45, 2.75) is 25.6 Å². The van der Waals surface area contributed by atoms with E-state index in [1.54, 1.807) is 6.92 Å². The molecule has 1 aliphatic heterocycles. The molecular weight excluding hydrogens is 239 g/mol. The maximum absolute atomic E-state index is 12.2. The van der Waals surface area contributed by atoms with Gasteiger partial charge in [-0.05, 0) is 19.9 Å². The minimum absolute atomic E-state index is 0.173. The number of aliphatic hydroxyl groups excluding tert-OH is 1. The van der Waals surface area contributed by atoms with E-state index < -0.39 is 30.2 Å². The number of rotatable bonds is 3. The molecule has 0 radical (unpaired) electrons. The zero-order valence-corrected chi connectivity index (χ0v) is 9.75. The van der Waals surface area contributed by atoms with Crippen LogP contribution in [0.2, 0.25) is 0 Å². The SMILES string of the molecule is COC(=O)C1(C)CCN(CC(O)C(F)(F)F)C1. The lowest BCUT2D eigenvalue weighted by atomic mass is 9.90. The zero-order chi connectivity index (χ0) is 13.3. The second kappa shape index (κ2) is 4.81. The lowest BCUT2D eigenvalue weighted by Crippen LogP contribution is -2.41. The summed E-state index contributed by atoms with van der Waals surface area (Å²) in [5, 5.41) is 8.93. The van der Waals surface area contributed by atoms with Crippen LogP contribution in [0.25, 0.3) is 0 Å². The van der Waals surface area contributed by atoms with E-state index in [4.69, 9.17) is 5.11 Å². The van der Waals surface area contributed by atoms with Crippen LogP contribution >= 0.6 is 0 Å². The largest absolute Gasteiger partial charge is 0.469 e.